The van der Waals surface area contributed by atoms with E-state index in [1.807, 2.05) is 13.0 Å². The first-order valence-electron chi connectivity index (χ1n) is 10.9. The molecule has 0 spiro atoms. The first-order chi connectivity index (χ1) is 17.7. The molecule has 0 bridgehead atoms. The number of anilines is 1. The zero-order chi connectivity index (χ0) is 26.9. The van der Waals surface area contributed by atoms with E-state index < -0.39 is 11.9 Å². The van der Waals surface area contributed by atoms with Gasteiger partial charge in [-0.25, -0.2) is 4.79 Å². The van der Waals surface area contributed by atoms with Crippen LogP contribution in [0.1, 0.15) is 28.4 Å². The molecule has 7 nitrogen and oxygen atoms in total. The Hall–Kier alpha value is -3.26. The van der Waals surface area contributed by atoms with Crippen molar-refractivity contribution < 1.29 is 23.8 Å². The number of nitriles is 1. The van der Waals surface area contributed by atoms with Gasteiger partial charge in [0.15, 0.2) is 11.5 Å². The van der Waals surface area contributed by atoms with Crippen LogP contribution in [0.2, 0.25) is 10.0 Å². The third-order valence-electron chi connectivity index (χ3n) is 4.96. The fourth-order valence-corrected chi connectivity index (χ4v) is 4.43. The fraction of sp³-hybridized carbons (Fsp3) is 0.148. The van der Waals surface area contributed by atoms with Crippen molar-refractivity contribution in [2.24, 2.45) is 0 Å². The molecule has 37 heavy (non-hydrogen) atoms. The third-order valence-corrected chi connectivity index (χ3v) is 6.35. The van der Waals surface area contributed by atoms with Crippen LogP contribution in [0.3, 0.4) is 0 Å². The Labute approximate surface area is 238 Å². The standard InChI is InChI=1S/C27H21Cl2IN2O5/c1-3-36-24-12-16(11-23(30)25(24)37-15-18-4-7-20(28)13-22(18)29)10-19(14-31)26(33)32-21-8-5-17(6-9-21)27(34)35-2/h4-13H,3,15H2,1-2H3,(H,32,33)/b19-10+. The summed E-state index contributed by atoms with van der Waals surface area (Å²) in [4.78, 5) is 24.3. The monoisotopic (exact) mass is 650 g/mol. The molecule has 0 radical (unpaired) electrons. The molecule has 0 aromatic heterocycles. The summed E-state index contributed by atoms with van der Waals surface area (Å²) in [6, 6.07) is 16.7. The SMILES string of the molecule is CCOc1cc(/C=C(\C#N)C(=O)Nc2ccc(C(=O)OC)cc2)cc(I)c1OCc1ccc(Cl)cc1Cl. The van der Waals surface area contributed by atoms with Gasteiger partial charge in [-0.1, -0.05) is 29.3 Å². The van der Waals surface area contributed by atoms with E-state index in [1.165, 1.54) is 25.3 Å². The van der Waals surface area contributed by atoms with Crippen molar-refractivity contribution in [3.05, 3.63) is 90.5 Å². The predicted molar refractivity (Wildman–Crippen MR) is 151 cm³/mol. The molecule has 0 unspecified atom stereocenters. The number of esters is 1. The number of carbonyl (C=O) groups is 2. The van der Waals surface area contributed by atoms with Crippen LogP contribution in [0.5, 0.6) is 11.5 Å². The van der Waals surface area contributed by atoms with Crippen molar-refractivity contribution in [1.82, 2.24) is 0 Å². The van der Waals surface area contributed by atoms with Crippen LogP contribution in [0.4, 0.5) is 5.69 Å². The smallest absolute Gasteiger partial charge is 0.337 e. The van der Waals surface area contributed by atoms with E-state index in [1.54, 1.807) is 42.5 Å². The van der Waals surface area contributed by atoms with Gasteiger partial charge in [-0.05, 0) is 89.7 Å². The van der Waals surface area contributed by atoms with Gasteiger partial charge in [-0.15, -0.1) is 0 Å². The van der Waals surface area contributed by atoms with Crippen LogP contribution in [-0.4, -0.2) is 25.6 Å². The molecular formula is C27H21Cl2IN2O5. The van der Waals surface area contributed by atoms with Gasteiger partial charge in [0.05, 0.1) is 22.9 Å². The molecule has 0 fully saturated rings. The Bertz CT molecular complexity index is 1380. The van der Waals surface area contributed by atoms with Crippen molar-refractivity contribution in [3.8, 4) is 17.6 Å². The number of rotatable bonds is 9. The third kappa shape index (κ3) is 7.61. The number of ether oxygens (including phenoxy) is 3. The largest absolute Gasteiger partial charge is 0.490 e. The summed E-state index contributed by atoms with van der Waals surface area (Å²) in [5, 5.41) is 13.3. The quantitative estimate of drug-likeness (QED) is 0.117. The Morgan fingerprint density at radius 2 is 1.81 bits per heavy atom. The second kappa shape index (κ2) is 13.3. The number of benzene rings is 3. The number of methoxy groups -OCH3 is 1. The van der Waals surface area contributed by atoms with Gasteiger partial charge in [-0.3, -0.25) is 4.79 Å². The van der Waals surface area contributed by atoms with Crippen LogP contribution in [0.25, 0.3) is 6.08 Å². The Morgan fingerprint density at radius 1 is 1.08 bits per heavy atom. The highest BCUT2D eigenvalue weighted by Gasteiger charge is 2.16. The van der Waals surface area contributed by atoms with E-state index >= 15 is 0 Å². The number of nitrogens with zero attached hydrogens (tertiary/aromatic N) is 1. The molecule has 0 aliphatic heterocycles. The predicted octanol–water partition coefficient (Wildman–Crippen LogP) is 6.91. The van der Waals surface area contributed by atoms with Crippen LogP contribution in [0, 0.1) is 14.9 Å². The maximum Gasteiger partial charge on any atom is 0.337 e. The number of amides is 1. The van der Waals surface area contributed by atoms with Crippen molar-refractivity contribution >= 4 is 69.4 Å². The molecule has 0 heterocycles. The number of halogens is 3. The topological polar surface area (TPSA) is 97.7 Å². The Morgan fingerprint density at radius 3 is 2.43 bits per heavy atom. The number of hydrogen-bond donors (Lipinski definition) is 1. The van der Waals surface area contributed by atoms with Crippen LogP contribution < -0.4 is 14.8 Å². The minimum Gasteiger partial charge on any atom is -0.490 e. The first kappa shape index (κ1) is 28.3. The van der Waals surface area contributed by atoms with Crippen molar-refractivity contribution in [2.75, 3.05) is 19.0 Å². The van der Waals surface area contributed by atoms with Gasteiger partial charge >= 0.3 is 5.97 Å². The van der Waals surface area contributed by atoms with E-state index in [0.29, 0.717) is 45.0 Å². The molecular weight excluding hydrogens is 630 g/mol. The minimum absolute atomic E-state index is 0.114. The molecule has 0 aliphatic rings. The maximum absolute atomic E-state index is 12.7. The van der Waals surface area contributed by atoms with Gasteiger partial charge in [-0.2, -0.15) is 5.26 Å². The lowest BCUT2D eigenvalue weighted by atomic mass is 10.1. The van der Waals surface area contributed by atoms with Gasteiger partial charge in [0.25, 0.3) is 5.91 Å². The molecule has 190 valence electrons. The lowest BCUT2D eigenvalue weighted by Gasteiger charge is -2.15. The average Bonchev–Trinajstić information content (AvgIpc) is 2.87. The second-order valence-electron chi connectivity index (χ2n) is 7.48. The summed E-state index contributed by atoms with van der Waals surface area (Å²) < 4.78 is 17.2. The molecule has 3 aromatic carbocycles. The Balaban J connectivity index is 1.82. The highest BCUT2D eigenvalue weighted by Crippen LogP contribution is 2.36. The lowest BCUT2D eigenvalue weighted by molar-refractivity contribution is -0.112. The van der Waals surface area contributed by atoms with E-state index in [9.17, 15) is 14.9 Å². The molecule has 1 N–H and O–H groups in total. The average molecular weight is 651 g/mol. The zero-order valence-electron chi connectivity index (χ0n) is 19.8. The van der Waals surface area contributed by atoms with E-state index in [0.717, 1.165) is 9.13 Å². The normalized spacial score (nSPS) is 10.9. The molecule has 0 aliphatic carbocycles. The number of nitrogens with one attached hydrogen (secondary N) is 1. The second-order valence-corrected chi connectivity index (χ2v) is 9.49. The molecule has 3 aromatic rings. The highest BCUT2D eigenvalue weighted by atomic mass is 127. The van der Waals surface area contributed by atoms with E-state index in [4.69, 9.17) is 32.7 Å². The van der Waals surface area contributed by atoms with Crippen LogP contribution in [-0.2, 0) is 16.1 Å². The van der Waals surface area contributed by atoms with Crippen molar-refractivity contribution in [1.29, 1.82) is 5.26 Å². The van der Waals surface area contributed by atoms with E-state index in [2.05, 4.69) is 32.6 Å². The highest BCUT2D eigenvalue weighted by molar-refractivity contribution is 14.1. The van der Waals surface area contributed by atoms with Gasteiger partial charge in [0.1, 0.15) is 18.2 Å². The van der Waals surface area contributed by atoms with Crippen LogP contribution >= 0.6 is 45.8 Å². The van der Waals surface area contributed by atoms with E-state index in [-0.39, 0.29) is 12.2 Å². The van der Waals surface area contributed by atoms with Gasteiger partial charge in [0, 0.05) is 21.3 Å². The molecule has 3 rings (SSSR count). The Kier molecular flexibility index (Phi) is 10.2. The summed E-state index contributed by atoms with van der Waals surface area (Å²) in [6.45, 7) is 2.42. The summed E-state index contributed by atoms with van der Waals surface area (Å²) in [5.41, 5.74) is 1.99. The van der Waals surface area contributed by atoms with Crippen molar-refractivity contribution in [3.63, 3.8) is 0 Å². The molecule has 1 amide bonds. The van der Waals surface area contributed by atoms with Gasteiger partial charge in [0.2, 0.25) is 0 Å². The first-order valence-corrected chi connectivity index (χ1v) is 12.7. The summed E-state index contributed by atoms with van der Waals surface area (Å²) in [6.07, 6.45) is 1.46. The lowest BCUT2D eigenvalue weighted by Crippen LogP contribution is -2.13. The summed E-state index contributed by atoms with van der Waals surface area (Å²) in [5.74, 6) is -0.112. The number of hydrogen-bond acceptors (Lipinski definition) is 6. The summed E-state index contributed by atoms with van der Waals surface area (Å²) >= 11 is 14.3. The van der Waals surface area contributed by atoms with Crippen LogP contribution in [0.15, 0.2) is 60.2 Å². The van der Waals surface area contributed by atoms with Gasteiger partial charge < -0.3 is 19.5 Å². The number of carbonyl (C=O) groups excluding carboxylic acids is 2. The molecule has 0 saturated heterocycles. The zero-order valence-corrected chi connectivity index (χ0v) is 23.5. The maximum atomic E-state index is 12.7. The molecule has 10 heteroatoms. The molecule has 0 atom stereocenters. The fourth-order valence-electron chi connectivity index (χ4n) is 3.18. The minimum atomic E-state index is -0.598. The molecule has 0 saturated carbocycles. The van der Waals surface area contributed by atoms with Crippen molar-refractivity contribution in [2.45, 2.75) is 13.5 Å². The summed E-state index contributed by atoms with van der Waals surface area (Å²) in [7, 11) is 1.29.